The van der Waals surface area contributed by atoms with Gasteiger partial charge in [-0.25, -0.2) is 0 Å². The average Bonchev–Trinajstić information content (AvgIpc) is 2.15. The van der Waals surface area contributed by atoms with E-state index in [2.05, 4.69) is 9.97 Å². The van der Waals surface area contributed by atoms with E-state index < -0.39 is 10.3 Å². The topological polar surface area (TPSA) is 59.9 Å². The second-order valence-corrected chi connectivity index (χ2v) is 3.55. The number of nitrogens with zero attached hydrogens (tertiary/aromatic N) is 2. The molecule has 6 heteroatoms. The monoisotopic (exact) mass is 222 g/mol. The van der Waals surface area contributed by atoms with Gasteiger partial charge in [0.1, 0.15) is 0 Å². The van der Waals surface area contributed by atoms with Crippen LogP contribution in [0, 0.1) is 0 Å². The van der Waals surface area contributed by atoms with E-state index in [0.717, 1.165) is 0 Å². The van der Waals surface area contributed by atoms with Crippen LogP contribution in [0.25, 0.3) is 0 Å². The van der Waals surface area contributed by atoms with E-state index in [1.165, 1.54) is 0 Å². The summed E-state index contributed by atoms with van der Waals surface area (Å²) in [5.74, 6) is 0. The van der Waals surface area contributed by atoms with Crippen molar-refractivity contribution in [2.45, 2.75) is 19.8 Å². The molecule has 1 rings (SSSR count). The summed E-state index contributed by atoms with van der Waals surface area (Å²) < 4.78 is 21.3. The molecule has 0 bridgehead atoms. The van der Waals surface area contributed by atoms with Gasteiger partial charge in [-0.3, -0.25) is 9.97 Å². The van der Waals surface area contributed by atoms with Crippen LogP contribution in [0.4, 0.5) is 0 Å². The summed E-state index contributed by atoms with van der Waals surface area (Å²) in [6.07, 6.45) is 5.56. The molecule has 0 spiro atoms. The fourth-order valence-corrected chi connectivity index (χ4v) is 1.43. The molecule has 0 radical (unpaired) electrons. The van der Waals surface area contributed by atoms with E-state index in [4.69, 9.17) is 0 Å². The second kappa shape index (κ2) is 7.11. The fraction of sp³-hybridized carbons (Fsp3) is 0.375. The van der Waals surface area contributed by atoms with Gasteiger partial charge in [0.2, 0.25) is 10.3 Å². The van der Waals surface area contributed by atoms with Gasteiger partial charge in [0.15, 0.2) is 0 Å². The normalized spacial score (nSPS) is 8.93. The number of hydrogen-bond acceptors (Lipinski definition) is 4. The zero-order valence-electron chi connectivity index (χ0n) is 7.27. The first-order valence-electron chi connectivity index (χ1n) is 3.93. The van der Waals surface area contributed by atoms with Crippen LogP contribution in [-0.4, -0.2) is 52.8 Å². The van der Waals surface area contributed by atoms with Gasteiger partial charge < -0.3 is 0 Å². The molecule has 1 aromatic heterocycles. The third-order valence-corrected chi connectivity index (χ3v) is 2.53. The van der Waals surface area contributed by atoms with Gasteiger partial charge in [-0.1, -0.05) is 6.92 Å². The number of hydrogen-bond donors (Lipinski definition) is 0. The molecule has 4 nitrogen and oxygen atoms in total. The summed E-state index contributed by atoms with van der Waals surface area (Å²) in [4.78, 5) is 8.31. The minimum atomic E-state index is -2.10. The first kappa shape index (κ1) is 13.8. The van der Waals surface area contributed by atoms with Gasteiger partial charge in [-0.2, -0.15) is 8.42 Å². The molecule has 14 heavy (non-hydrogen) atoms. The predicted octanol–water partition coefficient (Wildman–Crippen LogP) is -0.168. The minimum absolute atomic E-state index is 0. The standard InChI is InChI=1S/C8H10N2O2S.Na.H/c1-2-8(13(11)12)5-7-6-9-3-4-10-7;;/h3-4,6H,2,5H2,1H3;;. The third-order valence-electron chi connectivity index (χ3n) is 1.62. The Morgan fingerprint density at radius 3 is 2.57 bits per heavy atom. The van der Waals surface area contributed by atoms with Crippen LogP contribution in [0.15, 0.2) is 18.6 Å². The quantitative estimate of drug-likeness (QED) is 0.526. The van der Waals surface area contributed by atoms with Crippen molar-refractivity contribution in [1.29, 1.82) is 0 Å². The van der Waals surface area contributed by atoms with Crippen molar-refractivity contribution in [2.75, 3.05) is 0 Å². The zero-order valence-corrected chi connectivity index (χ0v) is 8.08. The molecule has 72 valence electrons. The summed E-state index contributed by atoms with van der Waals surface area (Å²) in [6, 6.07) is 0. The first-order chi connectivity index (χ1) is 6.24. The summed E-state index contributed by atoms with van der Waals surface area (Å²) in [7, 11) is -2.10. The van der Waals surface area contributed by atoms with Crippen LogP contribution in [-0.2, 0) is 16.7 Å². The van der Waals surface area contributed by atoms with Crippen molar-refractivity contribution in [2.24, 2.45) is 0 Å². The number of rotatable bonds is 3. The van der Waals surface area contributed by atoms with E-state index >= 15 is 0 Å². The van der Waals surface area contributed by atoms with Crippen LogP contribution >= 0.6 is 0 Å². The summed E-state index contributed by atoms with van der Waals surface area (Å²) in [5.41, 5.74) is 0.684. The molecule has 0 atom stereocenters. The van der Waals surface area contributed by atoms with Crippen LogP contribution < -0.4 is 0 Å². The van der Waals surface area contributed by atoms with Crippen molar-refractivity contribution in [1.82, 2.24) is 9.97 Å². The third kappa shape index (κ3) is 4.32. The Hall–Kier alpha value is -0.230. The maximum absolute atomic E-state index is 10.6. The van der Waals surface area contributed by atoms with Crippen LogP contribution in [0.1, 0.15) is 19.0 Å². The Balaban J connectivity index is 0.00000169. The molecule has 1 aromatic rings. The molecule has 1 heterocycles. The average molecular weight is 222 g/mol. The summed E-state index contributed by atoms with van der Waals surface area (Å²) >= 11 is 0. The molecule has 0 unspecified atom stereocenters. The van der Waals surface area contributed by atoms with E-state index in [1.54, 1.807) is 18.6 Å². The van der Waals surface area contributed by atoms with Crippen molar-refractivity contribution >= 4 is 44.7 Å². The molecule has 0 saturated heterocycles. The zero-order chi connectivity index (χ0) is 9.68. The van der Waals surface area contributed by atoms with Crippen LogP contribution in [0.5, 0.6) is 0 Å². The Labute approximate surface area is 107 Å². The number of aromatic nitrogens is 2. The predicted molar refractivity (Wildman–Crippen MR) is 57.1 cm³/mol. The molecule has 0 aliphatic carbocycles. The molecule has 0 aliphatic rings. The van der Waals surface area contributed by atoms with Gasteiger partial charge in [0, 0.05) is 25.0 Å². The molecule has 0 saturated carbocycles. The van der Waals surface area contributed by atoms with Gasteiger partial charge in [0.25, 0.3) is 0 Å². The molecule has 0 aromatic carbocycles. The van der Waals surface area contributed by atoms with E-state index in [0.29, 0.717) is 23.4 Å². The Kier molecular flexibility index (Phi) is 7.00. The Bertz CT molecular complexity index is 395. The molecular formula is C8H11N2NaO2S. The molecule has 0 N–H and O–H groups in total. The summed E-state index contributed by atoms with van der Waals surface area (Å²) in [6.45, 7) is 1.81. The van der Waals surface area contributed by atoms with Crippen LogP contribution in [0.2, 0.25) is 0 Å². The Morgan fingerprint density at radius 2 is 2.14 bits per heavy atom. The molecule has 0 aliphatic heterocycles. The van der Waals surface area contributed by atoms with Gasteiger partial charge >= 0.3 is 29.6 Å². The first-order valence-corrected chi connectivity index (χ1v) is 5.00. The second-order valence-electron chi connectivity index (χ2n) is 2.50. The van der Waals surface area contributed by atoms with E-state index in [-0.39, 0.29) is 29.6 Å². The van der Waals surface area contributed by atoms with Crippen LogP contribution in [0.3, 0.4) is 0 Å². The SMILES string of the molecule is CCC(Cc1cnccn1)=S(=O)=O.[NaH]. The van der Waals surface area contributed by atoms with Crippen molar-refractivity contribution in [3.63, 3.8) is 0 Å². The fourth-order valence-electron chi connectivity index (χ4n) is 0.925. The van der Waals surface area contributed by atoms with Gasteiger partial charge in [-0.15, -0.1) is 0 Å². The van der Waals surface area contributed by atoms with Gasteiger partial charge in [0.05, 0.1) is 10.6 Å². The molecular weight excluding hydrogens is 211 g/mol. The van der Waals surface area contributed by atoms with Crippen molar-refractivity contribution in [3.05, 3.63) is 24.3 Å². The Morgan fingerprint density at radius 1 is 1.43 bits per heavy atom. The van der Waals surface area contributed by atoms with E-state index in [1.807, 2.05) is 6.92 Å². The van der Waals surface area contributed by atoms with E-state index in [9.17, 15) is 8.42 Å². The molecule has 0 fully saturated rings. The van der Waals surface area contributed by atoms with Crippen molar-refractivity contribution < 1.29 is 8.42 Å². The summed E-state index contributed by atoms with van der Waals surface area (Å²) in [5, 5.41) is 0. The van der Waals surface area contributed by atoms with Crippen molar-refractivity contribution in [3.8, 4) is 0 Å². The molecule has 0 amide bonds. The maximum atomic E-state index is 10.6. The van der Waals surface area contributed by atoms with Gasteiger partial charge in [-0.05, 0) is 6.42 Å².